The van der Waals surface area contributed by atoms with E-state index in [2.05, 4.69) is 0 Å². The fourth-order valence-electron chi connectivity index (χ4n) is 1.69. The molecule has 0 spiro atoms. The van der Waals surface area contributed by atoms with E-state index in [1.807, 2.05) is 0 Å². The van der Waals surface area contributed by atoms with Crippen molar-refractivity contribution < 1.29 is 18.5 Å². The van der Waals surface area contributed by atoms with Crippen LogP contribution in [-0.2, 0) is 10.8 Å². The number of halogens is 1. The lowest BCUT2D eigenvalue weighted by molar-refractivity contribution is 0.0767. The molecular weight excluding hydrogens is 245 g/mol. The van der Waals surface area contributed by atoms with Gasteiger partial charge in [-0.2, -0.15) is 0 Å². The summed E-state index contributed by atoms with van der Waals surface area (Å²) in [4.78, 5) is 13.5. The average Bonchev–Trinajstić information content (AvgIpc) is 2.32. The first-order chi connectivity index (χ1) is 8.08. The first-order valence-corrected chi connectivity index (χ1v) is 6.69. The summed E-state index contributed by atoms with van der Waals surface area (Å²) >= 11 is 0. The molecule has 1 fully saturated rings. The van der Waals surface area contributed by atoms with Crippen molar-refractivity contribution in [2.24, 2.45) is 0 Å². The Kier molecular flexibility index (Phi) is 3.42. The molecule has 0 aliphatic carbocycles. The van der Waals surface area contributed by atoms with Crippen LogP contribution in [0.25, 0.3) is 0 Å². The summed E-state index contributed by atoms with van der Waals surface area (Å²) in [5.74, 6) is -0.350. The van der Waals surface area contributed by atoms with Crippen LogP contribution in [0.1, 0.15) is 10.4 Å². The van der Waals surface area contributed by atoms with Crippen molar-refractivity contribution in [3.05, 3.63) is 29.6 Å². The van der Waals surface area contributed by atoms with Gasteiger partial charge in [-0.3, -0.25) is 9.00 Å². The zero-order chi connectivity index (χ0) is 12.4. The SMILES string of the molecule is O=C(c1cc(F)ccc1O)N1CCS(=O)CC1. The predicted molar refractivity (Wildman–Crippen MR) is 61.8 cm³/mol. The number of phenols is 1. The molecule has 4 nitrogen and oxygen atoms in total. The Morgan fingerprint density at radius 3 is 2.65 bits per heavy atom. The third-order valence-corrected chi connectivity index (χ3v) is 3.93. The molecule has 1 aromatic carbocycles. The summed E-state index contributed by atoms with van der Waals surface area (Å²) in [6.45, 7) is 0.753. The number of hydrogen-bond donors (Lipinski definition) is 1. The number of aromatic hydroxyl groups is 1. The van der Waals surface area contributed by atoms with E-state index >= 15 is 0 Å². The topological polar surface area (TPSA) is 57.6 Å². The van der Waals surface area contributed by atoms with Crippen molar-refractivity contribution in [3.8, 4) is 5.75 Å². The molecule has 2 rings (SSSR count). The molecule has 17 heavy (non-hydrogen) atoms. The van der Waals surface area contributed by atoms with E-state index in [1.165, 1.54) is 4.90 Å². The number of benzene rings is 1. The van der Waals surface area contributed by atoms with Crippen molar-refractivity contribution in [2.45, 2.75) is 0 Å². The molecule has 1 aromatic rings. The number of carbonyl (C=O) groups is 1. The number of nitrogens with zero attached hydrogens (tertiary/aromatic N) is 1. The van der Waals surface area contributed by atoms with Crippen LogP contribution in [0.3, 0.4) is 0 Å². The predicted octanol–water partition coefficient (Wildman–Crippen LogP) is 0.736. The Morgan fingerprint density at radius 1 is 1.35 bits per heavy atom. The minimum Gasteiger partial charge on any atom is -0.507 e. The Labute approximate surface area is 101 Å². The first kappa shape index (κ1) is 12.0. The molecule has 1 amide bonds. The zero-order valence-electron chi connectivity index (χ0n) is 9.06. The van der Waals surface area contributed by atoms with Gasteiger partial charge in [0, 0.05) is 35.4 Å². The first-order valence-electron chi connectivity index (χ1n) is 5.20. The molecule has 1 aliphatic heterocycles. The van der Waals surface area contributed by atoms with E-state index in [0.29, 0.717) is 24.6 Å². The fraction of sp³-hybridized carbons (Fsp3) is 0.364. The van der Waals surface area contributed by atoms with Crippen LogP contribution in [0.5, 0.6) is 5.75 Å². The summed E-state index contributed by atoms with van der Waals surface area (Å²) in [5, 5.41) is 9.51. The number of amides is 1. The highest BCUT2D eigenvalue weighted by atomic mass is 32.2. The van der Waals surface area contributed by atoms with Crippen LogP contribution in [0, 0.1) is 5.82 Å². The van der Waals surface area contributed by atoms with Crippen LogP contribution < -0.4 is 0 Å². The molecule has 0 aromatic heterocycles. The Morgan fingerprint density at radius 2 is 2.00 bits per heavy atom. The van der Waals surface area contributed by atoms with E-state index in [4.69, 9.17) is 0 Å². The van der Waals surface area contributed by atoms with Crippen LogP contribution in [0.4, 0.5) is 4.39 Å². The smallest absolute Gasteiger partial charge is 0.257 e. The number of carbonyl (C=O) groups excluding carboxylic acids is 1. The molecule has 1 N–H and O–H groups in total. The van der Waals surface area contributed by atoms with Crippen LogP contribution in [-0.4, -0.2) is 44.7 Å². The highest BCUT2D eigenvalue weighted by Crippen LogP contribution is 2.20. The van der Waals surface area contributed by atoms with Gasteiger partial charge in [-0.15, -0.1) is 0 Å². The van der Waals surface area contributed by atoms with Crippen LogP contribution in [0.15, 0.2) is 18.2 Å². The maximum absolute atomic E-state index is 13.0. The quantitative estimate of drug-likeness (QED) is 0.807. The normalized spacial score (nSPS) is 17.1. The van der Waals surface area contributed by atoms with Crippen molar-refractivity contribution in [2.75, 3.05) is 24.6 Å². The van der Waals surface area contributed by atoms with Gasteiger partial charge in [0.05, 0.1) is 5.56 Å². The Hall–Kier alpha value is -1.43. The van der Waals surface area contributed by atoms with Crippen LogP contribution in [0.2, 0.25) is 0 Å². The second-order valence-corrected chi connectivity index (χ2v) is 5.50. The molecule has 6 heteroatoms. The zero-order valence-corrected chi connectivity index (χ0v) is 9.87. The van der Waals surface area contributed by atoms with Crippen molar-refractivity contribution in [1.29, 1.82) is 0 Å². The molecule has 1 aliphatic rings. The van der Waals surface area contributed by atoms with Gasteiger partial charge in [0.2, 0.25) is 0 Å². The maximum Gasteiger partial charge on any atom is 0.257 e. The molecule has 0 saturated carbocycles. The van der Waals surface area contributed by atoms with Crippen molar-refractivity contribution in [3.63, 3.8) is 0 Å². The van der Waals surface area contributed by atoms with E-state index in [0.717, 1.165) is 18.2 Å². The lowest BCUT2D eigenvalue weighted by Gasteiger charge is -2.26. The molecule has 1 saturated heterocycles. The number of hydrogen-bond acceptors (Lipinski definition) is 3. The highest BCUT2D eigenvalue weighted by molar-refractivity contribution is 7.85. The lowest BCUT2D eigenvalue weighted by atomic mass is 10.1. The van der Waals surface area contributed by atoms with Gasteiger partial charge in [-0.1, -0.05) is 0 Å². The van der Waals surface area contributed by atoms with E-state index in [9.17, 15) is 18.5 Å². The largest absolute Gasteiger partial charge is 0.507 e. The Balaban J connectivity index is 2.19. The van der Waals surface area contributed by atoms with Crippen molar-refractivity contribution in [1.82, 2.24) is 4.90 Å². The summed E-state index contributed by atoms with van der Waals surface area (Å²) in [7, 11) is -0.874. The molecule has 0 atom stereocenters. The monoisotopic (exact) mass is 257 g/mol. The molecule has 0 radical (unpaired) electrons. The van der Waals surface area contributed by atoms with Gasteiger partial charge in [0.1, 0.15) is 11.6 Å². The third-order valence-electron chi connectivity index (χ3n) is 2.65. The number of rotatable bonds is 1. The summed E-state index contributed by atoms with van der Waals surface area (Å²) < 4.78 is 24.2. The second-order valence-electron chi connectivity index (χ2n) is 3.80. The van der Waals surface area contributed by atoms with Gasteiger partial charge in [0.25, 0.3) is 5.91 Å². The Bertz CT molecular complexity index is 468. The average molecular weight is 257 g/mol. The van der Waals surface area contributed by atoms with E-state index in [-0.39, 0.29) is 11.3 Å². The lowest BCUT2D eigenvalue weighted by Crippen LogP contribution is -2.41. The van der Waals surface area contributed by atoms with Crippen molar-refractivity contribution >= 4 is 16.7 Å². The van der Waals surface area contributed by atoms with Gasteiger partial charge in [-0.05, 0) is 18.2 Å². The van der Waals surface area contributed by atoms with Crippen LogP contribution >= 0.6 is 0 Å². The molecule has 0 bridgehead atoms. The fourth-order valence-corrected chi connectivity index (χ4v) is 2.74. The summed E-state index contributed by atoms with van der Waals surface area (Å²) in [6, 6.07) is 3.27. The van der Waals surface area contributed by atoms with Gasteiger partial charge in [-0.25, -0.2) is 4.39 Å². The standard InChI is InChI=1S/C11H12FNO3S/c12-8-1-2-10(14)9(7-8)11(15)13-3-5-17(16)6-4-13/h1-2,7,14H,3-6H2. The minimum atomic E-state index is -0.874. The van der Waals surface area contributed by atoms with Gasteiger partial charge < -0.3 is 10.0 Å². The highest BCUT2D eigenvalue weighted by Gasteiger charge is 2.23. The number of phenolic OH excluding ortho intramolecular Hbond substituents is 1. The minimum absolute atomic E-state index is 0.0438. The van der Waals surface area contributed by atoms with E-state index < -0.39 is 22.5 Å². The third kappa shape index (κ3) is 2.63. The summed E-state index contributed by atoms with van der Waals surface area (Å²) in [6.07, 6.45) is 0. The molecular formula is C11H12FNO3S. The van der Waals surface area contributed by atoms with E-state index in [1.54, 1.807) is 0 Å². The molecule has 1 heterocycles. The van der Waals surface area contributed by atoms with Gasteiger partial charge >= 0.3 is 0 Å². The second kappa shape index (κ2) is 4.83. The molecule has 0 unspecified atom stereocenters. The maximum atomic E-state index is 13.0. The molecule has 92 valence electrons. The van der Waals surface area contributed by atoms with Gasteiger partial charge in [0.15, 0.2) is 0 Å². The summed E-state index contributed by atoms with van der Waals surface area (Å²) in [5.41, 5.74) is -0.0438.